The van der Waals surface area contributed by atoms with Crippen LogP contribution in [0.15, 0.2) is 22.9 Å². The average molecular weight is 207 g/mol. The molecule has 0 radical (unpaired) electrons. The highest BCUT2D eigenvalue weighted by atomic mass is 79.9. The van der Waals surface area contributed by atoms with Gasteiger partial charge in [-0.05, 0) is 33.5 Å². The highest BCUT2D eigenvalue weighted by Gasteiger charge is 1.97. The summed E-state index contributed by atoms with van der Waals surface area (Å²) >= 11 is 3.07. The first kappa shape index (κ1) is 2.59. The van der Waals surface area contributed by atoms with Gasteiger partial charge in [0.15, 0.2) is 0 Å². The first-order valence-electron chi connectivity index (χ1n) is 6.11. The van der Waals surface area contributed by atoms with Crippen molar-refractivity contribution < 1.29 is 9.60 Å². The number of pyridine rings is 1. The number of nitrogens with zero attached hydrogens (tertiary/aromatic N) is 1. The molecule has 1 nitrogen and oxygen atoms in total. The largest absolute Gasteiger partial charge is 0.263 e. The zero-order valence-electron chi connectivity index (χ0n) is 12.1. The van der Waals surface area contributed by atoms with Gasteiger partial charge in [0.2, 0.25) is 0 Å². The fourth-order valence-electron chi connectivity index (χ4n) is 0.549. The van der Waals surface area contributed by atoms with Gasteiger partial charge >= 0.3 is 0 Å². The molecule has 0 saturated carbocycles. The van der Waals surface area contributed by atoms with E-state index >= 15 is 0 Å². The van der Waals surface area contributed by atoms with Crippen LogP contribution in [-0.4, -0.2) is 4.98 Å². The van der Waals surface area contributed by atoms with E-state index in [9.17, 15) is 0 Å². The Morgan fingerprint density at radius 3 is 3.10 bits per heavy atom. The van der Waals surface area contributed by atoms with Crippen molar-refractivity contribution >= 4 is 15.9 Å². The molecule has 1 aromatic heterocycles. The highest BCUT2D eigenvalue weighted by molar-refractivity contribution is 9.10. The summed E-state index contributed by atoms with van der Waals surface area (Å²) in [6.07, 6.45) is 2.49. The molecular formula is C8H10BrN. The molecule has 0 spiro atoms. The molecule has 0 aliphatic heterocycles. The third-order valence-corrected chi connectivity index (χ3v) is 1.43. The van der Waals surface area contributed by atoms with Gasteiger partial charge < -0.3 is 0 Å². The molecule has 0 aliphatic rings. The second-order valence-electron chi connectivity index (χ2n) is 1.77. The molecule has 0 aliphatic carbocycles. The summed E-state index contributed by atoms with van der Waals surface area (Å²) in [6, 6.07) is 1.29. The molecule has 0 bridgehead atoms. The predicted octanol–water partition coefficient (Wildman–Crippen LogP) is 2.97. The molecule has 0 unspecified atom stereocenters. The topological polar surface area (TPSA) is 12.9 Å². The minimum atomic E-state index is -2.97. The zero-order chi connectivity index (χ0) is 13.5. The van der Waals surface area contributed by atoms with Crippen molar-refractivity contribution in [3.05, 3.63) is 28.5 Å². The zero-order valence-corrected chi connectivity index (χ0v) is 6.64. The molecular weight excluding hydrogens is 190 g/mol. The van der Waals surface area contributed by atoms with E-state index < -0.39 is 19.6 Å². The van der Waals surface area contributed by atoms with Crippen LogP contribution in [0.4, 0.5) is 0 Å². The molecule has 0 fully saturated rings. The Kier molecular flexibility index (Phi) is 0.817. The van der Waals surface area contributed by atoms with Crippen molar-refractivity contribution in [3.8, 4) is 0 Å². The highest BCUT2D eigenvalue weighted by Crippen LogP contribution is 2.16. The van der Waals surface area contributed by atoms with Crippen molar-refractivity contribution in [2.45, 2.75) is 19.6 Å². The van der Waals surface area contributed by atoms with E-state index in [0.29, 0.717) is 4.47 Å². The van der Waals surface area contributed by atoms with Crippen LogP contribution < -0.4 is 0 Å². The number of halogens is 1. The summed E-state index contributed by atoms with van der Waals surface area (Å²) < 4.78 is 52.1. The first-order chi connectivity index (χ1) is 7.50. The summed E-state index contributed by atoms with van der Waals surface area (Å²) in [7, 11) is 0. The van der Waals surface area contributed by atoms with Crippen molar-refractivity contribution in [1.82, 2.24) is 4.98 Å². The van der Waals surface area contributed by atoms with E-state index in [2.05, 4.69) is 20.9 Å². The summed E-state index contributed by atoms with van der Waals surface area (Å²) in [5.74, 6) is -2.68. The van der Waals surface area contributed by atoms with Gasteiger partial charge in [0.1, 0.15) is 0 Å². The summed E-state index contributed by atoms with van der Waals surface area (Å²) in [6.45, 7) is -5.94. The Bertz CT molecular complexity index is 397. The number of rotatable bonds is 1. The van der Waals surface area contributed by atoms with Crippen LogP contribution in [-0.2, 0) is 0 Å². The molecule has 1 rings (SSSR count). The molecule has 0 amide bonds. The van der Waals surface area contributed by atoms with Crippen LogP contribution in [0, 0.1) is 0 Å². The predicted molar refractivity (Wildman–Crippen MR) is 46.0 cm³/mol. The van der Waals surface area contributed by atoms with Crippen LogP contribution >= 0.6 is 15.9 Å². The lowest BCUT2D eigenvalue weighted by Crippen LogP contribution is -1.87. The lowest BCUT2D eigenvalue weighted by Gasteiger charge is -2.02. The molecule has 10 heavy (non-hydrogen) atoms. The van der Waals surface area contributed by atoms with Crippen molar-refractivity contribution in [3.63, 3.8) is 0 Å². The van der Waals surface area contributed by atoms with Crippen molar-refractivity contribution in [2.24, 2.45) is 0 Å². The smallest absolute Gasteiger partial charge is 0.0410 e. The minimum absolute atomic E-state index is 0.160. The van der Waals surface area contributed by atoms with E-state index in [1.165, 1.54) is 12.3 Å². The van der Waals surface area contributed by atoms with Gasteiger partial charge in [-0.2, -0.15) is 0 Å². The maximum absolute atomic E-state index is 7.88. The fourth-order valence-corrected chi connectivity index (χ4v) is 0.913. The van der Waals surface area contributed by atoms with E-state index in [1.54, 1.807) is 0 Å². The maximum atomic E-state index is 7.88. The second kappa shape index (κ2) is 3.15. The molecule has 0 aromatic carbocycles. The lowest BCUT2D eigenvalue weighted by molar-refractivity contribution is 0.857. The number of hydrogen-bond acceptors (Lipinski definition) is 1. The summed E-state index contributed by atoms with van der Waals surface area (Å²) in [5.41, 5.74) is -0.160. The molecule has 0 atom stereocenters. The molecule has 0 saturated heterocycles. The molecule has 2 heteroatoms. The van der Waals surface area contributed by atoms with E-state index in [1.807, 2.05) is 0 Å². The summed E-state index contributed by atoms with van der Waals surface area (Å²) in [5, 5.41) is 0. The van der Waals surface area contributed by atoms with E-state index in [-0.39, 0.29) is 5.56 Å². The average Bonchev–Trinajstić information content (AvgIpc) is 2.12. The maximum Gasteiger partial charge on any atom is 0.0410 e. The van der Waals surface area contributed by atoms with Crippen molar-refractivity contribution in [2.75, 3.05) is 0 Å². The Morgan fingerprint density at radius 2 is 2.50 bits per heavy atom. The Labute approximate surface area is 79.4 Å². The third-order valence-electron chi connectivity index (χ3n) is 0.994. The number of hydrogen-bond donors (Lipinski definition) is 0. The van der Waals surface area contributed by atoms with Gasteiger partial charge in [-0.25, -0.2) is 0 Å². The van der Waals surface area contributed by atoms with E-state index in [4.69, 9.17) is 9.60 Å². The van der Waals surface area contributed by atoms with Crippen LogP contribution in [0.5, 0.6) is 0 Å². The van der Waals surface area contributed by atoms with Crippen LogP contribution in [0.2, 0.25) is 0 Å². The number of aromatic nitrogens is 1. The van der Waals surface area contributed by atoms with Crippen LogP contribution in [0.25, 0.3) is 0 Å². The quantitative estimate of drug-likeness (QED) is 0.689. The standard InChI is InChI=1S/C8H10BrN/c1-6(2)7-3-8(9)5-10-4-7/h3-6H,1-2H3/i1D3,2D3,6D. The Balaban J connectivity index is 3.46. The van der Waals surface area contributed by atoms with Crippen LogP contribution in [0.1, 0.15) is 34.8 Å². The Hall–Kier alpha value is -0.370. The summed E-state index contributed by atoms with van der Waals surface area (Å²) in [4.78, 5) is 3.71. The lowest BCUT2D eigenvalue weighted by atomic mass is 10.1. The van der Waals surface area contributed by atoms with Gasteiger partial charge in [-0.1, -0.05) is 13.7 Å². The van der Waals surface area contributed by atoms with Gasteiger partial charge in [0.05, 0.1) is 0 Å². The minimum Gasteiger partial charge on any atom is -0.263 e. The molecule has 54 valence electrons. The third kappa shape index (κ3) is 1.81. The van der Waals surface area contributed by atoms with Gasteiger partial charge in [0, 0.05) is 26.5 Å². The van der Waals surface area contributed by atoms with Gasteiger partial charge in [0.25, 0.3) is 0 Å². The van der Waals surface area contributed by atoms with E-state index in [0.717, 1.165) is 6.20 Å². The fraction of sp³-hybridized carbons (Fsp3) is 0.375. The second-order valence-corrected chi connectivity index (χ2v) is 2.68. The van der Waals surface area contributed by atoms with Gasteiger partial charge in [-0.3, -0.25) is 4.98 Å². The Morgan fingerprint density at radius 1 is 1.70 bits per heavy atom. The van der Waals surface area contributed by atoms with Crippen LogP contribution in [0.3, 0.4) is 0 Å². The normalized spacial score (nSPS) is 24.3. The molecule has 1 aromatic rings. The first-order valence-corrected chi connectivity index (χ1v) is 3.40. The SMILES string of the molecule is [2H]C([2H])([2H])C([2H])(c1cncc(Br)c1)C([2H])([2H])[2H]. The van der Waals surface area contributed by atoms with Gasteiger partial charge in [-0.15, -0.1) is 0 Å². The van der Waals surface area contributed by atoms with Crippen molar-refractivity contribution in [1.29, 1.82) is 0 Å². The monoisotopic (exact) mass is 206 g/mol. The molecule has 1 heterocycles. The molecule has 0 N–H and O–H groups in total.